The average Bonchev–Trinajstić information content (AvgIpc) is 3.28. The summed E-state index contributed by atoms with van der Waals surface area (Å²) in [7, 11) is 0. The minimum atomic E-state index is -0.909. The van der Waals surface area contributed by atoms with Crippen LogP contribution in [0.4, 0.5) is 0 Å². The second-order valence-corrected chi connectivity index (χ2v) is 12.3. The summed E-state index contributed by atoms with van der Waals surface area (Å²) in [5.41, 5.74) is 0. The minimum absolute atomic E-state index is 0.231. The molecule has 0 aromatic rings. The quantitative estimate of drug-likeness (QED) is 0.0773. The van der Waals surface area contributed by atoms with Gasteiger partial charge < -0.3 is 24.4 Å². The maximum Gasteiger partial charge on any atom is 0.160 e. The Hall–Kier alpha value is -0.340. The summed E-state index contributed by atoms with van der Waals surface area (Å²) in [4.78, 5) is 0. The summed E-state index contributed by atoms with van der Waals surface area (Å²) in [6.07, 6.45) is 24.1. The fourth-order valence-electron chi connectivity index (χ4n) is 5.22. The molecule has 0 unspecified atom stereocenters. The van der Waals surface area contributed by atoms with Crippen molar-refractivity contribution >= 4 is 34.5 Å². The second kappa shape index (κ2) is 25.4. The molecule has 39 heavy (non-hydrogen) atoms. The number of rotatable bonds is 26. The van der Waals surface area contributed by atoms with E-state index in [0.29, 0.717) is 16.5 Å². The van der Waals surface area contributed by atoms with Gasteiger partial charge in [-0.05, 0) is 37.3 Å². The Kier molecular flexibility index (Phi) is 23.9. The topological polar surface area (TPSA) is 68.2 Å². The summed E-state index contributed by atoms with van der Waals surface area (Å²) in [6, 6.07) is 0. The molecule has 0 aromatic heterocycles. The highest BCUT2D eigenvalue weighted by Crippen LogP contribution is 2.24. The molecule has 0 spiro atoms. The van der Waals surface area contributed by atoms with Crippen molar-refractivity contribution in [2.24, 2.45) is 0 Å². The molecule has 0 saturated carbocycles. The number of aliphatic hydroxyl groups is 2. The Bertz CT molecular complexity index is 603. The van der Waals surface area contributed by atoms with Crippen LogP contribution < -0.4 is 0 Å². The number of ether oxygens (including phenoxy) is 3. The Balaban J connectivity index is 2.14. The molecular weight excluding hydrogens is 528 g/mol. The third-order valence-electron chi connectivity index (χ3n) is 7.75. The lowest BCUT2D eigenvalue weighted by Gasteiger charge is -2.26. The van der Waals surface area contributed by atoms with Gasteiger partial charge in [0.2, 0.25) is 0 Å². The van der Waals surface area contributed by atoms with Crippen LogP contribution in [-0.4, -0.2) is 57.9 Å². The largest absolute Gasteiger partial charge is 0.479 e. The molecule has 230 valence electrons. The second-order valence-electron chi connectivity index (χ2n) is 11.4. The number of aliphatic hydroxyl groups excluding tert-OH is 2. The number of unbranched alkanes of at least 4 members (excludes halogenated alkanes) is 18. The van der Waals surface area contributed by atoms with Crippen LogP contribution in [0.2, 0.25) is 0 Å². The lowest BCUT2D eigenvalue weighted by Crippen LogP contribution is -2.43. The standard InChI is InChI=1S/C32H60O5S2/c1-3-5-7-9-11-13-15-17-19-21-23-29(38)36-27(25-33)32-31(34)28(26-35-32)37-30(39)24-22-20-18-16-14-12-10-8-6-4-2/h27-28,31-34H,3-26H2,1-2H3/t27-,28+,31+,32+/m1/s1. The zero-order valence-electron chi connectivity index (χ0n) is 25.2. The minimum Gasteiger partial charge on any atom is -0.479 e. The zero-order chi connectivity index (χ0) is 28.6. The summed E-state index contributed by atoms with van der Waals surface area (Å²) < 4.78 is 17.5. The lowest BCUT2D eigenvalue weighted by atomic mass is 10.1. The first-order chi connectivity index (χ1) is 19.0. The van der Waals surface area contributed by atoms with Crippen LogP contribution in [0.5, 0.6) is 0 Å². The molecule has 1 fully saturated rings. The van der Waals surface area contributed by atoms with Crippen molar-refractivity contribution in [2.45, 2.75) is 180 Å². The summed E-state index contributed by atoms with van der Waals surface area (Å²) in [5, 5.41) is 21.7. The molecule has 4 atom stereocenters. The van der Waals surface area contributed by atoms with Gasteiger partial charge in [0.1, 0.15) is 12.2 Å². The molecule has 0 aromatic carbocycles. The van der Waals surface area contributed by atoms with Crippen molar-refractivity contribution in [3.63, 3.8) is 0 Å². The molecule has 0 bridgehead atoms. The Morgan fingerprint density at radius 3 is 1.54 bits per heavy atom. The molecule has 1 saturated heterocycles. The monoisotopic (exact) mass is 588 g/mol. The van der Waals surface area contributed by atoms with E-state index in [1.165, 1.54) is 103 Å². The molecular formula is C32H60O5S2. The van der Waals surface area contributed by atoms with E-state index in [0.717, 1.165) is 32.1 Å². The first-order valence-electron chi connectivity index (χ1n) is 16.3. The highest BCUT2D eigenvalue weighted by atomic mass is 32.1. The lowest BCUT2D eigenvalue weighted by molar-refractivity contribution is -0.0615. The predicted molar refractivity (Wildman–Crippen MR) is 171 cm³/mol. The highest BCUT2D eigenvalue weighted by molar-refractivity contribution is 7.80. The van der Waals surface area contributed by atoms with Crippen molar-refractivity contribution in [1.82, 2.24) is 0 Å². The van der Waals surface area contributed by atoms with Crippen LogP contribution >= 0.6 is 24.4 Å². The van der Waals surface area contributed by atoms with Crippen molar-refractivity contribution < 1.29 is 24.4 Å². The van der Waals surface area contributed by atoms with E-state index in [4.69, 9.17) is 38.6 Å². The van der Waals surface area contributed by atoms with Crippen molar-refractivity contribution in [2.75, 3.05) is 13.2 Å². The first kappa shape index (κ1) is 36.7. The van der Waals surface area contributed by atoms with E-state index in [1.807, 2.05) is 0 Å². The van der Waals surface area contributed by atoms with Crippen molar-refractivity contribution in [1.29, 1.82) is 0 Å². The Morgan fingerprint density at radius 1 is 0.692 bits per heavy atom. The van der Waals surface area contributed by atoms with Crippen LogP contribution in [0.1, 0.15) is 155 Å². The normalized spacial score (nSPS) is 19.7. The van der Waals surface area contributed by atoms with Crippen molar-refractivity contribution in [3.8, 4) is 0 Å². The van der Waals surface area contributed by atoms with Gasteiger partial charge in [-0.3, -0.25) is 0 Å². The fraction of sp³-hybridized carbons (Fsp3) is 0.938. The van der Waals surface area contributed by atoms with Crippen LogP contribution in [0.25, 0.3) is 0 Å². The van der Waals surface area contributed by atoms with Gasteiger partial charge in [-0.2, -0.15) is 0 Å². The number of hydrogen-bond acceptors (Lipinski definition) is 7. The predicted octanol–water partition coefficient (Wildman–Crippen LogP) is 8.79. The smallest absolute Gasteiger partial charge is 0.160 e. The molecule has 0 radical (unpaired) electrons. The van der Waals surface area contributed by atoms with Crippen LogP contribution in [0.15, 0.2) is 0 Å². The third-order valence-corrected chi connectivity index (χ3v) is 8.35. The molecule has 1 heterocycles. The average molecular weight is 589 g/mol. The third kappa shape index (κ3) is 18.7. The van der Waals surface area contributed by atoms with E-state index in [2.05, 4.69) is 13.8 Å². The van der Waals surface area contributed by atoms with Gasteiger partial charge in [0, 0.05) is 12.8 Å². The van der Waals surface area contributed by atoms with Gasteiger partial charge in [0.25, 0.3) is 0 Å². The Labute approximate surface area is 251 Å². The zero-order valence-corrected chi connectivity index (χ0v) is 26.8. The maximum absolute atomic E-state index is 10.8. The summed E-state index contributed by atoms with van der Waals surface area (Å²) >= 11 is 10.8. The molecule has 0 amide bonds. The van der Waals surface area contributed by atoms with E-state index in [-0.39, 0.29) is 13.2 Å². The number of thiocarbonyl (C=S) groups is 2. The van der Waals surface area contributed by atoms with E-state index < -0.39 is 24.4 Å². The molecule has 1 aliphatic heterocycles. The van der Waals surface area contributed by atoms with Crippen molar-refractivity contribution in [3.05, 3.63) is 0 Å². The van der Waals surface area contributed by atoms with Crippen LogP contribution in [-0.2, 0) is 14.2 Å². The molecule has 0 aliphatic carbocycles. The maximum atomic E-state index is 10.8. The molecule has 7 heteroatoms. The van der Waals surface area contributed by atoms with E-state index in [1.54, 1.807) is 0 Å². The van der Waals surface area contributed by atoms with Crippen LogP contribution in [0.3, 0.4) is 0 Å². The van der Waals surface area contributed by atoms with Gasteiger partial charge in [0.15, 0.2) is 22.3 Å². The van der Waals surface area contributed by atoms with E-state index >= 15 is 0 Å². The van der Waals surface area contributed by atoms with Gasteiger partial charge in [0.05, 0.1) is 13.2 Å². The molecule has 2 N–H and O–H groups in total. The first-order valence-corrected chi connectivity index (χ1v) is 17.1. The van der Waals surface area contributed by atoms with Gasteiger partial charge in [-0.25, -0.2) is 0 Å². The molecule has 1 rings (SSSR count). The fourth-order valence-corrected chi connectivity index (χ4v) is 5.76. The molecule has 1 aliphatic rings. The molecule has 5 nitrogen and oxygen atoms in total. The highest BCUT2D eigenvalue weighted by Gasteiger charge is 2.43. The Morgan fingerprint density at radius 2 is 1.10 bits per heavy atom. The van der Waals surface area contributed by atoms with Gasteiger partial charge in [-0.15, -0.1) is 0 Å². The number of hydrogen-bond donors (Lipinski definition) is 2. The SMILES string of the molecule is CCCCCCCCCCCCC(=S)O[C@H]1CO[C@@H]([C@@H](CO)OC(=S)CCCCCCCCCCCC)[C@H]1O. The summed E-state index contributed by atoms with van der Waals surface area (Å²) in [6.45, 7) is 4.47. The van der Waals surface area contributed by atoms with Gasteiger partial charge in [-0.1, -0.05) is 129 Å². The van der Waals surface area contributed by atoms with Gasteiger partial charge >= 0.3 is 0 Å². The summed E-state index contributed by atoms with van der Waals surface area (Å²) in [5.74, 6) is 0. The van der Waals surface area contributed by atoms with Crippen LogP contribution in [0, 0.1) is 0 Å². The van der Waals surface area contributed by atoms with E-state index in [9.17, 15) is 10.2 Å².